The first kappa shape index (κ1) is 21.3. The average molecular weight is 450 g/mol. The SMILES string of the molecule is CC1Cc2cc(-c3ccc(CNC(=O)c4cccc(-n5ncc(C#N)c5N)c4)cc3)ccc2O1. The zero-order valence-electron chi connectivity index (χ0n) is 18.7. The van der Waals surface area contributed by atoms with E-state index >= 15 is 0 Å². The van der Waals surface area contributed by atoms with Gasteiger partial charge in [0.15, 0.2) is 0 Å². The molecule has 34 heavy (non-hydrogen) atoms. The Morgan fingerprint density at radius 3 is 2.74 bits per heavy atom. The second kappa shape index (κ2) is 8.75. The molecule has 3 aromatic carbocycles. The second-order valence-corrected chi connectivity index (χ2v) is 8.35. The van der Waals surface area contributed by atoms with Gasteiger partial charge in [-0.25, -0.2) is 4.68 Å². The summed E-state index contributed by atoms with van der Waals surface area (Å²) in [6, 6.07) is 23.4. The summed E-state index contributed by atoms with van der Waals surface area (Å²) in [6.45, 7) is 2.48. The minimum atomic E-state index is -0.204. The molecule has 3 N–H and O–H groups in total. The lowest BCUT2D eigenvalue weighted by atomic mass is 10.00. The number of hydrogen-bond acceptors (Lipinski definition) is 5. The van der Waals surface area contributed by atoms with Crippen molar-refractivity contribution in [3.63, 3.8) is 0 Å². The number of ether oxygens (including phenoxy) is 1. The van der Waals surface area contributed by atoms with Crippen molar-refractivity contribution in [3.8, 4) is 28.6 Å². The Morgan fingerprint density at radius 2 is 1.97 bits per heavy atom. The third-order valence-corrected chi connectivity index (χ3v) is 5.92. The van der Waals surface area contributed by atoms with Gasteiger partial charge in [0.05, 0.1) is 11.9 Å². The fourth-order valence-corrected chi connectivity index (χ4v) is 4.13. The van der Waals surface area contributed by atoms with Gasteiger partial charge in [0.2, 0.25) is 0 Å². The predicted molar refractivity (Wildman–Crippen MR) is 130 cm³/mol. The van der Waals surface area contributed by atoms with Crippen LogP contribution in [0, 0.1) is 11.3 Å². The van der Waals surface area contributed by atoms with Gasteiger partial charge < -0.3 is 15.8 Å². The molecule has 0 radical (unpaired) electrons. The molecule has 4 aromatic rings. The van der Waals surface area contributed by atoms with Gasteiger partial charge in [0.1, 0.15) is 29.3 Å². The first-order chi connectivity index (χ1) is 16.5. The van der Waals surface area contributed by atoms with Gasteiger partial charge in [0.25, 0.3) is 5.91 Å². The van der Waals surface area contributed by atoms with Crippen LogP contribution in [0.2, 0.25) is 0 Å². The van der Waals surface area contributed by atoms with E-state index in [2.05, 4.69) is 41.6 Å². The molecule has 1 atom stereocenters. The minimum absolute atomic E-state index is 0.204. The highest BCUT2D eigenvalue weighted by molar-refractivity contribution is 5.94. The van der Waals surface area contributed by atoms with Crippen molar-refractivity contribution in [2.75, 3.05) is 5.73 Å². The number of nitriles is 1. The van der Waals surface area contributed by atoms with Crippen LogP contribution in [0.15, 0.2) is 72.9 Å². The minimum Gasteiger partial charge on any atom is -0.490 e. The van der Waals surface area contributed by atoms with Crippen LogP contribution >= 0.6 is 0 Å². The smallest absolute Gasteiger partial charge is 0.251 e. The number of nitrogens with two attached hydrogens (primary N) is 1. The normalized spacial score (nSPS) is 14.2. The van der Waals surface area contributed by atoms with E-state index in [1.165, 1.54) is 16.4 Å². The number of fused-ring (bicyclic) bond motifs is 1. The van der Waals surface area contributed by atoms with Gasteiger partial charge in [-0.15, -0.1) is 0 Å². The van der Waals surface area contributed by atoms with E-state index in [0.29, 0.717) is 23.4 Å². The summed E-state index contributed by atoms with van der Waals surface area (Å²) in [5, 5.41) is 16.2. The van der Waals surface area contributed by atoms with Crippen molar-refractivity contribution in [3.05, 3.63) is 95.2 Å². The average Bonchev–Trinajstić information content (AvgIpc) is 3.43. The molecule has 1 unspecified atom stereocenters. The Hall–Kier alpha value is -4.57. The highest BCUT2D eigenvalue weighted by Crippen LogP contribution is 2.33. The van der Waals surface area contributed by atoms with Crippen LogP contribution in [0.1, 0.15) is 34.0 Å². The Balaban J connectivity index is 1.25. The fraction of sp³-hybridized carbons (Fsp3) is 0.148. The van der Waals surface area contributed by atoms with Gasteiger partial charge in [-0.1, -0.05) is 36.4 Å². The van der Waals surface area contributed by atoms with Crippen LogP contribution in [0.4, 0.5) is 5.82 Å². The molecule has 1 aliphatic rings. The molecule has 5 rings (SSSR count). The number of hydrogen-bond donors (Lipinski definition) is 2. The lowest BCUT2D eigenvalue weighted by molar-refractivity contribution is 0.0951. The molecular formula is C27H23N5O2. The maximum atomic E-state index is 12.7. The largest absolute Gasteiger partial charge is 0.490 e. The zero-order chi connectivity index (χ0) is 23.7. The lowest BCUT2D eigenvalue weighted by Crippen LogP contribution is -2.23. The predicted octanol–water partition coefficient (Wildman–Crippen LogP) is 4.25. The Labute approximate surface area is 197 Å². The zero-order valence-corrected chi connectivity index (χ0v) is 18.7. The van der Waals surface area contributed by atoms with Crippen LogP contribution in [0.5, 0.6) is 5.75 Å². The maximum absolute atomic E-state index is 12.7. The molecule has 0 saturated carbocycles. The Kier molecular flexibility index (Phi) is 5.48. The lowest BCUT2D eigenvalue weighted by Gasteiger charge is -2.09. The molecule has 168 valence electrons. The van der Waals surface area contributed by atoms with Gasteiger partial charge >= 0.3 is 0 Å². The first-order valence-corrected chi connectivity index (χ1v) is 11.0. The van der Waals surface area contributed by atoms with Crippen molar-refractivity contribution >= 4 is 11.7 Å². The van der Waals surface area contributed by atoms with Crippen LogP contribution < -0.4 is 15.8 Å². The highest BCUT2D eigenvalue weighted by Gasteiger charge is 2.19. The van der Waals surface area contributed by atoms with E-state index in [-0.39, 0.29) is 17.8 Å². The fourth-order valence-electron chi connectivity index (χ4n) is 4.13. The van der Waals surface area contributed by atoms with Crippen molar-refractivity contribution in [2.45, 2.75) is 26.0 Å². The summed E-state index contributed by atoms with van der Waals surface area (Å²) < 4.78 is 7.23. The molecule has 0 bridgehead atoms. The van der Waals surface area contributed by atoms with E-state index in [4.69, 9.17) is 15.7 Å². The van der Waals surface area contributed by atoms with Gasteiger partial charge in [-0.2, -0.15) is 10.4 Å². The van der Waals surface area contributed by atoms with Crippen LogP contribution in [-0.2, 0) is 13.0 Å². The number of amides is 1. The quantitative estimate of drug-likeness (QED) is 0.474. The third kappa shape index (κ3) is 4.09. The summed E-state index contributed by atoms with van der Waals surface area (Å²) >= 11 is 0. The molecule has 7 heteroatoms. The number of benzene rings is 3. The topological polar surface area (TPSA) is 106 Å². The summed E-state index contributed by atoms with van der Waals surface area (Å²) in [5.74, 6) is 1.01. The number of nitrogens with one attached hydrogen (secondary N) is 1. The van der Waals surface area contributed by atoms with Gasteiger partial charge in [0, 0.05) is 18.5 Å². The molecule has 0 spiro atoms. The molecule has 1 aliphatic heterocycles. The van der Waals surface area contributed by atoms with Crippen molar-refractivity contribution in [1.82, 2.24) is 15.1 Å². The first-order valence-electron chi connectivity index (χ1n) is 11.0. The molecule has 1 amide bonds. The van der Waals surface area contributed by atoms with Crippen molar-refractivity contribution in [2.24, 2.45) is 0 Å². The molecule has 0 fully saturated rings. The number of nitrogens with zero attached hydrogens (tertiary/aromatic N) is 3. The highest BCUT2D eigenvalue weighted by atomic mass is 16.5. The number of rotatable bonds is 5. The molecular weight excluding hydrogens is 426 g/mol. The van der Waals surface area contributed by atoms with Gasteiger partial charge in [-0.05, 0) is 59.5 Å². The van der Waals surface area contributed by atoms with Crippen LogP contribution in [0.25, 0.3) is 16.8 Å². The van der Waals surface area contributed by atoms with Crippen molar-refractivity contribution < 1.29 is 9.53 Å². The van der Waals surface area contributed by atoms with E-state index < -0.39 is 0 Å². The summed E-state index contributed by atoms with van der Waals surface area (Å²) in [7, 11) is 0. The molecule has 1 aromatic heterocycles. The summed E-state index contributed by atoms with van der Waals surface area (Å²) in [4.78, 5) is 12.7. The number of carbonyl (C=O) groups is 1. The maximum Gasteiger partial charge on any atom is 0.251 e. The summed E-state index contributed by atoms with van der Waals surface area (Å²) in [5.41, 5.74) is 11.9. The molecule has 0 aliphatic carbocycles. The molecule has 0 saturated heterocycles. The van der Waals surface area contributed by atoms with Gasteiger partial charge in [-0.3, -0.25) is 4.79 Å². The molecule has 7 nitrogen and oxygen atoms in total. The number of nitrogen functional groups attached to an aromatic ring is 1. The molecule has 2 heterocycles. The third-order valence-electron chi connectivity index (χ3n) is 5.92. The van der Waals surface area contributed by atoms with E-state index in [1.54, 1.807) is 24.3 Å². The number of anilines is 1. The monoisotopic (exact) mass is 449 g/mol. The van der Waals surface area contributed by atoms with Crippen molar-refractivity contribution in [1.29, 1.82) is 5.26 Å². The van der Waals surface area contributed by atoms with E-state index in [9.17, 15) is 4.79 Å². The van der Waals surface area contributed by atoms with E-state index in [1.807, 2.05) is 24.3 Å². The number of aromatic nitrogens is 2. The van der Waals surface area contributed by atoms with Crippen LogP contribution in [0.3, 0.4) is 0 Å². The summed E-state index contributed by atoms with van der Waals surface area (Å²) in [6.07, 6.45) is 2.56. The second-order valence-electron chi connectivity index (χ2n) is 8.35. The van der Waals surface area contributed by atoms with Crippen LogP contribution in [-0.4, -0.2) is 21.8 Å². The number of carbonyl (C=O) groups excluding carboxylic acids is 1. The standard InChI is InChI=1S/C27H23N5O2/c1-17-11-22-12-20(9-10-25(22)34-17)19-7-5-18(6-8-19)15-30-27(33)21-3-2-4-24(13-21)32-26(29)23(14-28)16-31-32/h2-10,12-13,16-17H,11,15,29H2,1H3,(H,30,33). The van der Waals surface area contributed by atoms with E-state index in [0.717, 1.165) is 28.9 Å². The Morgan fingerprint density at radius 1 is 1.18 bits per heavy atom. The Bertz CT molecular complexity index is 1420.